The Hall–Kier alpha value is -3.73. The fourth-order valence-corrected chi connectivity index (χ4v) is 4.15. The highest BCUT2D eigenvalue weighted by atomic mass is 32.2. The third-order valence-corrected chi connectivity index (χ3v) is 6.23. The average molecular weight is 455 g/mol. The SMILES string of the molecule is CS(=O)(=O)c1ccc(-c2cnc(NCc3c(F)ccc4c3OCCO4)c3nncn23)cc1. The molecule has 9 nitrogen and oxygen atoms in total. The summed E-state index contributed by atoms with van der Waals surface area (Å²) in [5.41, 5.74) is 2.20. The van der Waals surface area contributed by atoms with E-state index < -0.39 is 15.7 Å². The summed E-state index contributed by atoms with van der Waals surface area (Å²) in [5.74, 6) is 0.876. The summed E-state index contributed by atoms with van der Waals surface area (Å²) in [6, 6.07) is 9.36. The van der Waals surface area contributed by atoms with Gasteiger partial charge < -0.3 is 14.8 Å². The van der Waals surface area contributed by atoms with Crippen molar-refractivity contribution in [1.29, 1.82) is 0 Å². The van der Waals surface area contributed by atoms with Gasteiger partial charge in [0.25, 0.3) is 0 Å². The van der Waals surface area contributed by atoms with Gasteiger partial charge in [0.2, 0.25) is 5.65 Å². The lowest BCUT2D eigenvalue weighted by Crippen LogP contribution is -2.18. The fourth-order valence-electron chi connectivity index (χ4n) is 3.52. The second-order valence-electron chi connectivity index (χ2n) is 7.22. The molecule has 1 N–H and O–H groups in total. The molecule has 4 aromatic rings. The van der Waals surface area contributed by atoms with Crippen molar-refractivity contribution >= 4 is 21.3 Å². The van der Waals surface area contributed by atoms with Gasteiger partial charge in [0, 0.05) is 18.4 Å². The Morgan fingerprint density at radius 3 is 2.69 bits per heavy atom. The van der Waals surface area contributed by atoms with Crippen LogP contribution < -0.4 is 14.8 Å². The van der Waals surface area contributed by atoms with E-state index in [0.717, 1.165) is 11.8 Å². The van der Waals surface area contributed by atoms with Crippen molar-refractivity contribution < 1.29 is 22.3 Å². The van der Waals surface area contributed by atoms with Crippen LogP contribution >= 0.6 is 0 Å². The lowest BCUT2D eigenvalue weighted by Gasteiger charge is -2.21. The van der Waals surface area contributed by atoms with Crippen molar-refractivity contribution in [3.63, 3.8) is 0 Å². The number of rotatable bonds is 5. The van der Waals surface area contributed by atoms with Crippen LogP contribution in [0.3, 0.4) is 0 Å². The number of nitrogens with zero attached hydrogens (tertiary/aromatic N) is 4. The molecule has 1 aliphatic heterocycles. The molecule has 0 bridgehead atoms. The van der Waals surface area contributed by atoms with Crippen molar-refractivity contribution in [3.05, 3.63) is 60.3 Å². The third-order valence-electron chi connectivity index (χ3n) is 5.10. The summed E-state index contributed by atoms with van der Waals surface area (Å²) in [6.07, 6.45) is 4.31. The van der Waals surface area contributed by atoms with E-state index in [2.05, 4.69) is 20.5 Å². The molecule has 0 atom stereocenters. The summed E-state index contributed by atoms with van der Waals surface area (Å²) in [7, 11) is -3.29. The standard InChI is InChI=1S/C21H18FN5O4S/c1-32(28,29)14-4-2-13(3-5-14)17-11-24-20(21-26-25-12-27(17)21)23-10-15-16(22)6-7-18-19(15)31-9-8-30-18/h2-7,11-12H,8-10H2,1H3,(H,23,24). The van der Waals surface area contributed by atoms with E-state index in [1.54, 1.807) is 28.8 Å². The van der Waals surface area contributed by atoms with Crippen LogP contribution in [0.4, 0.5) is 10.2 Å². The highest BCUT2D eigenvalue weighted by molar-refractivity contribution is 7.90. The highest BCUT2D eigenvalue weighted by Crippen LogP contribution is 2.36. The Morgan fingerprint density at radius 2 is 1.91 bits per heavy atom. The Labute approximate surface area is 182 Å². The minimum absolute atomic E-state index is 0.107. The molecular formula is C21H18FN5O4S. The molecule has 0 aliphatic carbocycles. The van der Waals surface area contributed by atoms with E-state index in [0.29, 0.717) is 47.4 Å². The topological polar surface area (TPSA) is 108 Å². The second-order valence-corrected chi connectivity index (χ2v) is 9.23. The molecule has 5 rings (SSSR count). The number of hydrogen-bond donors (Lipinski definition) is 1. The van der Waals surface area contributed by atoms with Gasteiger partial charge in [-0.1, -0.05) is 12.1 Å². The quantitative estimate of drug-likeness (QED) is 0.490. The zero-order chi connectivity index (χ0) is 22.3. The molecule has 1 aliphatic rings. The van der Waals surface area contributed by atoms with E-state index in [1.165, 1.54) is 24.5 Å². The minimum Gasteiger partial charge on any atom is -0.486 e. The van der Waals surface area contributed by atoms with Gasteiger partial charge in [-0.15, -0.1) is 10.2 Å². The van der Waals surface area contributed by atoms with E-state index in [4.69, 9.17) is 9.47 Å². The third kappa shape index (κ3) is 3.60. The maximum atomic E-state index is 14.5. The molecule has 0 spiro atoms. The number of hydrogen-bond acceptors (Lipinski definition) is 8. The predicted molar refractivity (Wildman–Crippen MR) is 114 cm³/mol. The summed E-state index contributed by atoms with van der Waals surface area (Å²) in [4.78, 5) is 4.66. The molecular weight excluding hydrogens is 437 g/mol. The lowest BCUT2D eigenvalue weighted by molar-refractivity contribution is 0.169. The number of ether oxygens (including phenoxy) is 2. The van der Waals surface area contributed by atoms with E-state index in [1.807, 2.05) is 0 Å². The van der Waals surface area contributed by atoms with Crippen LogP contribution in [-0.4, -0.2) is 47.5 Å². The van der Waals surface area contributed by atoms with Gasteiger partial charge in [-0.2, -0.15) is 0 Å². The zero-order valence-electron chi connectivity index (χ0n) is 16.9. The van der Waals surface area contributed by atoms with Crippen molar-refractivity contribution in [2.24, 2.45) is 0 Å². The first-order chi connectivity index (χ1) is 15.4. The number of benzene rings is 2. The van der Waals surface area contributed by atoms with Gasteiger partial charge >= 0.3 is 0 Å². The zero-order valence-corrected chi connectivity index (χ0v) is 17.8. The first-order valence-corrected chi connectivity index (χ1v) is 11.6. The molecule has 0 saturated carbocycles. The number of sulfone groups is 1. The predicted octanol–water partition coefficient (Wildman–Crippen LogP) is 2.72. The molecule has 11 heteroatoms. The minimum atomic E-state index is -3.29. The summed E-state index contributed by atoms with van der Waals surface area (Å²) in [5, 5.41) is 11.2. The maximum absolute atomic E-state index is 14.5. The lowest BCUT2D eigenvalue weighted by atomic mass is 10.1. The van der Waals surface area contributed by atoms with E-state index in [9.17, 15) is 12.8 Å². The molecule has 2 aromatic heterocycles. The maximum Gasteiger partial charge on any atom is 0.203 e. The van der Waals surface area contributed by atoms with Gasteiger partial charge in [0.1, 0.15) is 25.4 Å². The van der Waals surface area contributed by atoms with Crippen molar-refractivity contribution in [3.8, 4) is 22.8 Å². The Morgan fingerprint density at radius 1 is 1.12 bits per heavy atom. The van der Waals surface area contributed by atoms with Gasteiger partial charge in [0.05, 0.1) is 22.3 Å². The van der Waals surface area contributed by atoms with Gasteiger partial charge in [0.15, 0.2) is 27.2 Å². The van der Waals surface area contributed by atoms with Crippen LogP contribution in [0, 0.1) is 5.82 Å². The molecule has 0 radical (unpaired) electrons. The first-order valence-electron chi connectivity index (χ1n) is 9.72. The first kappa shape index (κ1) is 20.2. The average Bonchev–Trinajstić information content (AvgIpc) is 3.28. The Kier molecular flexibility index (Phi) is 4.89. The van der Waals surface area contributed by atoms with E-state index in [-0.39, 0.29) is 11.4 Å². The van der Waals surface area contributed by atoms with Crippen molar-refractivity contribution in [2.75, 3.05) is 24.8 Å². The summed E-state index contributed by atoms with van der Waals surface area (Å²) in [6.45, 7) is 0.874. The summed E-state index contributed by atoms with van der Waals surface area (Å²) < 4.78 is 50.7. The number of aromatic nitrogens is 4. The van der Waals surface area contributed by atoms with Crippen LogP contribution in [0.2, 0.25) is 0 Å². The van der Waals surface area contributed by atoms with Crippen LogP contribution in [0.15, 0.2) is 53.8 Å². The smallest absolute Gasteiger partial charge is 0.203 e. The molecule has 32 heavy (non-hydrogen) atoms. The molecule has 3 heterocycles. The number of fused-ring (bicyclic) bond motifs is 2. The molecule has 164 valence electrons. The number of nitrogens with one attached hydrogen (secondary N) is 1. The van der Waals surface area contributed by atoms with Crippen molar-refractivity contribution in [2.45, 2.75) is 11.4 Å². The van der Waals surface area contributed by atoms with Crippen LogP contribution in [0.1, 0.15) is 5.56 Å². The highest BCUT2D eigenvalue weighted by Gasteiger charge is 2.20. The molecule has 0 fully saturated rings. The van der Waals surface area contributed by atoms with Crippen LogP contribution in [0.5, 0.6) is 11.5 Å². The van der Waals surface area contributed by atoms with Crippen LogP contribution in [0.25, 0.3) is 16.9 Å². The fraction of sp³-hybridized carbons (Fsp3) is 0.190. The second kappa shape index (κ2) is 7.75. The molecule has 0 amide bonds. The van der Waals surface area contributed by atoms with Gasteiger partial charge in [-0.25, -0.2) is 17.8 Å². The van der Waals surface area contributed by atoms with Crippen molar-refractivity contribution in [1.82, 2.24) is 19.6 Å². The monoisotopic (exact) mass is 455 g/mol. The largest absolute Gasteiger partial charge is 0.486 e. The Balaban J connectivity index is 1.46. The van der Waals surface area contributed by atoms with Gasteiger partial charge in [-0.3, -0.25) is 4.40 Å². The Bertz CT molecular complexity index is 1420. The molecule has 2 aromatic carbocycles. The number of anilines is 1. The normalized spacial score (nSPS) is 13.3. The van der Waals surface area contributed by atoms with Crippen LogP contribution in [-0.2, 0) is 16.4 Å². The molecule has 0 saturated heterocycles. The molecule has 0 unspecified atom stereocenters. The summed E-state index contributed by atoms with van der Waals surface area (Å²) >= 11 is 0. The number of halogens is 1. The van der Waals surface area contributed by atoms with Gasteiger partial charge in [-0.05, 0) is 24.3 Å². The van der Waals surface area contributed by atoms with E-state index >= 15 is 0 Å².